The van der Waals surface area contributed by atoms with E-state index in [4.69, 9.17) is 5.11 Å². The summed E-state index contributed by atoms with van der Waals surface area (Å²) >= 11 is 0. The summed E-state index contributed by atoms with van der Waals surface area (Å²) in [6.45, 7) is 1.77. The minimum Gasteiger partial charge on any atom is -0.481 e. The van der Waals surface area contributed by atoms with Crippen LogP contribution in [0.15, 0.2) is 0 Å². The van der Waals surface area contributed by atoms with Gasteiger partial charge in [-0.3, -0.25) is 9.59 Å². The SMILES string of the molecule is CCCCCCCCC(CCCCCCCCCC(=O)O)(CC(O)CO)C(=O)O. The largest absolute Gasteiger partial charge is 0.481 e. The van der Waals surface area contributed by atoms with Crippen LogP contribution in [-0.4, -0.2) is 45.1 Å². The van der Waals surface area contributed by atoms with Gasteiger partial charge in [0, 0.05) is 6.42 Å². The Bertz CT molecular complexity index is 426. The molecule has 0 spiro atoms. The van der Waals surface area contributed by atoms with Crippen molar-refractivity contribution < 1.29 is 30.0 Å². The number of carboxylic acids is 2. The van der Waals surface area contributed by atoms with Crippen molar-refractivity contribution in [1.29, 1.82) is 0 Å². The van der Waals surface area contributed by atoms with E-state index in [0.29, 0.717) is 12.8 Å². The van der Waals surface area contributed by atoms with Crippen molar-refractivity contribution in [3.63, 3.8) is 0 Å². The second kappa shape index (κ2) is 17.7. The molecule has 0 radical (unpaired) electrons. The number of rotatable bonds is 21. The van der Waals surface area contributed by atoms with Crippen molar-refractivity contribution in [3.05, 3.63) is 0 Å². The Hall–Kier alpha value is -1.14. The smallest absolute Gasteiger partial charge is 0.309 e. The quantitative estimate of drug-likeness (QED) is 0.192. The van der Waals surface area contributed by atoms with E-state index in [1.54, 1.807) is 0 Å². The zero-order valence-corrected chi connectivity index (χ0v) is 18.4. The molecule has 0 aliphatic heterocycles. The number of carboxylic acid groups (broad SMARTS) is 2. The summed E-state index contributed by atoms with van der Waals surface area (Å²) in [6, 6.07) is 0. The Labute approximate surface area is 176 Å². The Kier molecular flexibility index (Phi) is 17.0. The third-order valence-corrected chi connectivity index (χ3v) is 5.85. The molecule has 6 heteroatoms. The number of aliphatic hydroxyl groups excluding tert-OH is 2. The topological polar surface area (TPSA) is 115 Å². The number of hydrogen-bond acceptors (Lipinski definition) is 4. The first-order valence-electron chi connectivity index (χ1n) is 11.6. The van der Waals surface area contributed by atoms with Crippen molar-refractivity contribution in [1.82, 2.24) is 0 Å². The first-order valence-corrected chi connectivity index (χ1v) is 11.6. The van der Waals surface area contributed by atoms with Gasteiger partial charge in [0.1, 0.15) is 0 Å². The minimum absolute atomic E-state index is 0.114. The van der Waals surface area contributed by atoms with Gasteiger partial charge in [0.05, 0.1) is 18.1 Å². The van der Waals surface area contributed by atoms with Gasteiger partial charge < -0.3 is 20.4 Å². The van der Waals surface area contributed by atoms with Crippen molar-refractivity contribution in [3.8, 4) is 0 Å². The van der Waals surface area contributed by atoms with Crippen LogP contribution in [0.1, 0.15) is 116 Å². The van der Waals surface area contributed by atoms with Gasteiger partial charge in [-0.2, -0.15) is 0 Å². The van der Waals surface area contributed by atoms with Crippen molar-refractivity contribution >= 4 is 11.9 Å². The van der Waals surface area contributed by atoms with Crippen LogP contribution in [0.5, 0.6) is 0 Å². The molecule has 0 saturated heterocycles. The zero-order chi connectivity index (χ0) is 22.0. The van der Waals surface area contributed by atoms with Gasteiger partial charge in [0.25, 0.3) is 0 Å². The molecular formula is C23H44O6. The van der Waals surface area contributed by atoms with Gasteiger partial charge in [-0.1, -0.05) is 84.0 Å². The molecule has 172 valence electrons. The second-order valence-electron chi connectivity index (χ2n) is 8.51. The minimum atomic E-state index is -0.986. The number of aliphatic hydroxyl groups is 2. The average molecular weight is 417 g/mol. The highest BCUT2D eigenvalue weighted by Gasteiger charge is 2.39. The lowest BCUT2D eigenvalue weighted by Crippen LogP contribution is -2.36. The molecule has 29 heavy (non-hydrogen) atoms. The van der Waals surface area contributed by atoms with Crippen LogP contribution < -0.4 is 0 Å². The molecule has 0 bridgehead atoms. The van der Waals surface area contributed by atoms with Gasteiger partial charge in [-0.05, 0) is 25.7 Å². The summed E-state index contributed by atoms with van der Waals surface area (Å²) in [4.78, 5) is 22.6. The van der Waals surface area contributed by atoms with Gasteiger partial charge in [0.2, 0.25) is 0 Å². The molecule has 2 atom stereocenters. The molecule has 0 aliphatic carbocycles. The molecule has 0 aromatic rings. The average Bonchev–Trinajstić information content (AvgIpc) is 2.68. The highest BCUT2D eigenvalue weighted by atomic mass is 16.4. The fourth-order valence-corrected chi connectivity index (χ4v) is 4.01. The Morgan fingerprint density at radius 1 is 0.759 bits per heavy atom. The fraction of sp³-hybridized carbons (Fsp3) is 0.913. The fourth-order valence-electron chi connectivity index (χ4n) is 4.01. The number of aliphatic carboxylic acids is 2. The lowest BCUT2D eigenvalue weighted by Gasteiger charge is -2.31. The predicted octanol–water partition coefficient (Wildman–Crippen LogP) is 5.15. The van der Waals surface area contributed by atoms with Crippen LogP contribution in [0.25, 0.3) is 0 Å². The molecule has 0 heterocycles. The third kappa shape index (κ3) is 14.5. The van der Waals surface area contributed by atoms with E-state index in [9.17, 15) is 24.9 Å². The maximum Gasteiger partial charge on any atom is 0.309 e. The standard InChI is InChI=1S/C23H44O6/c1-2-3-4-5-10-13-16-23(22(28)29,18-20(25)19-24)17-14-11-8-6-7-9-12-15-21(26)27/h20,24-25H,2-19H2,1H3,(H,26,27)(H,28,29). The summed E-state index contributed by atoms with van der Waals surface area (Å²) in [6.07, 6.45) is 13.5. The Morgan fingerprint density at radius 3 is 1.62 bits per heavy atom. The number of unbranched alkanes of at least 4 members (excludes halogenated alkanes) is 11. The van der Waals surface area contributed by atoms with Crippen LogP contribution >= 0.6 is 0 Å². The molecule has 0 amide bonds. The second-order valence-corrected chi connectivity index (χ2v) is 8.51. The molecule has 0 aliphatic rings. The highest BCUT2D eigenvalue weighted by molar-refractivity contribution is 5.74. The van der Waals surface area contributed by atoms with E-state index in [0.717, 1.165) is 64.2 Å². The maximum atomic E-state index is 12.1. The number of carbonyl (C=O) groups is 2. The Morgan fingerprint density at radius 2 is 1.21 bits per heavy atom. The van der Waals surface area contributed by atoms with Gasteiger partial charge >= 0.3 is 11.9 Å². The molecule has 0 aromatic carbocycles. The molecule has 0 aromatic heterocycles. The predicted molar refractivity (Wildman–Crippen MR) is 115 cm³/mol. The third-order valence-electron chi connectivity index (χ3n) is 5.85. The van der Waals surface area contributed by atoms with Gasteiger partial charge in [-0.25, -0.2) is 0 Å². The summed E-state index contributed by atoms with van der Waals surface area (Å²) in [5.74, 6) is -1.60. The Balaban J connectivity index is 4.35. The molecule has 0 fully saturated rings. The van der Waals surface area contributed by atoms with E-state index < -0.39 is 30.1 Å². The van der Waals surface area contributed by atoms with E-state index in [1.807, 2.05) is 0 Å². The van der Waals surface area contributed by atoms with Crippen LogP contribution in [0.4, 0.5) is 0 Å². The number of hydrogen-bond donors (Lipinski definition) is 4. The molecule has 2 unspecified atom stereocenters. The van der Waals surface area contributed by atoms with Crippen molar-refractivity contribution in [2.45, 2.75) is 122 Å². The van der Waals surface area contributed by atoms with Crippen molar-refractivity contribution in [2.75, 3.05) is 6.61 Å². The zero-order valence-electron chi connectivity index (χ0n) is 18.4. The first kappa shape index (κ1) is 27.9. The van der Waals surface area contributed by atoms with E-state index in [-0.39, 0.29) is 12.8 Å². The summed E-state index contributed by atoms with van der Waals surface area (Å²) < 4.78 is 0. The van der Waals surface area contributed by atoms with Crippen LogP contribution in [-0.2, 0) is 9.59 Å². The summed E-state index contributed by atoms with van der Waals surface area (Å²) in [5.41, 5.74) is -0.950. The molecule has 0 rings (SSSR count). The lowest BCUT2D eigenvalue weighted by molar-refractivity contribution is -0.153. The van der Waals surface area contributed by atoms with Gasteiger partial charge in [0.15, 0.2) is 0 Å². The first-order chi connectivity index (χ1) is 13.9. The monoisotopic (exact) mass is 416 g/mol. The van der Waals surface area contributed by atoms with Crippen LogP contribution in [0.2, 0.25) is 0 Å². The van der Waals surface area contributed by atoms with Crippen LogP contribution in [0, 0.1) is 5.41 Å². The summed E-state index contributed by atoms with van der Waals surface area (Å²) in [7, 11) is 0. The molecule has 0 saturated carbocycles. The summed E-state index contributed by atoms with van der Waals surface area (Å²) in [5, 5.41) is 37.7. The van der Waals surface area contributed by atoms with Crippen LogP contribution in [0.3, 0.4) is 0 Å². The van der Waals surface area contributed by atoms with E-state index in [1.165, 1.54) is 19.3 Å². The molecule has 4 N–H and O–H groups in total. The molecule has 6 nitrogen and oxygen atoms in total. The van der Waals surface area contributed by atoms with E-state index >= 15 is 0 Å². The normalized spacial score (nSPS) is 14.4. The highest BCUT2D eigenvalue weighted by Crippen LogP contribution is 2.37. The maximum absolute atomic E-state index is 12.1. The van der Waals surface area contributed by atoms with Gasteiger partial charge in [-0.15, -0.1) is 0 Å². The molecular weight excluding hydrogens is 372 g/mol. The van der Waals surface area contributed by atoms with E-state index in [2.05, 4.69) is 6.92 Å². The van der Waals surface area contributed by atoms with Crippen molar-refractivity contribution in [2.24, 2.45) is 5.41 Å². The lowest BCUT2D eigenvalue weighted by atomic mass is 9.73.